The second-order valence-electron chi connectivity index (χ2n) is 3.53. The summed E-state index contributed by atoms with van der Waals surface area (Å²) >= 11 is 1.50. The maximum absolute atomic E-state index is 11.5. The molecule has 0 saturated carbocycles. The maximum atomic E-state index is 11.5. The van der Waals surface area contributed by atoms with Crippen molar-refractivity contribution in [1.29, 1.82) is 0 Å². The van der Waals surface area contributed by atoms with Crippen molar-refractivity contribution in [1.82, 2.24) is 15.2 Å². The van der Waals surface area contributed by atoms with Crippen LogP contribution in [0.5, 0.6) is 0 Å². The van der Waals surface area contributed by atoms with E-state index in [1.807, 2.05) is 13.8 Å². The van der Waals surface area contributed by atoms with Gasteiger partial charge in [-0.2, -0.15) is 0 Å². The third-order valence-electron chi connectivity index (χ3n) is 2.24. The van der Waals surface area contributed by atoms with Crippen LogP contribution in [0.15, 0.2) is 6.20 Å². The Labute approximate surface area is 105 Å². The molecule has 17 heavy (non-hydrogen) atoms. The standard InChI is InChI=1S/C10H19N5OS/c1-3-12-9(16)7-15(4-2)6-8-5-13-10(14-11)17-8/h5H,3-4,6-7,11H2,1-2H3,(H,12,16)(H,13,14). The number of nitrogens with zero attached hydrogens (tertiary/aromatic N) is 2. The first kappa shape index (κ1) is 13.9. The lowest BCUT2D eigenvalue weighted by Crippen LogP contribution is -2.36. The zero-order valence-electron chi connectivity index (χ0n) is 10.2. The second-order valence-corrected chi connectivity index (χ2v) is 4.65. The van der Waals surface area contributed by atoms with Crippen LogP contribution in [-0.2, 0) is 11.3 Å². The summed E-state index contributed by atoms with van der Waals surface area (Å²) in [5.41, 5.74) is 2.51. The number of aromatic nitrogens is 1. The molecule has 0 bridgehead atoms. The van der Waals surface area contributed by atoms with Gasteiger partial charge in [-0.15, -0.1) is 0 Å². The molecule has 96 valence electrons. The number of likely N-dealkylation sites (N-methyl/N-ethyl adjacent to an activating group) is 2. The third-order valence-corrected chi connectivity index (χ3v) is 3.16. The molecule has 1 heterocycles. The second kappa shape index (κ2) is 7.21. The first-order valence-electron chi connectivity index (χ1n) is 5.60. The van der Waals surface area contributed by atoms with Crippen molar-refractivity contribution in [3.05, 3.63) is 11.1 Å². The first-order valence-corrected chi connectivity index (χ1v) is 6.41. The Morgan fingerprint density at radius 2 is 2.35 bits per heavy atom. The van der Waals surface area contributed by atoms with Crippen molar-refractivity contribution in [2.24, 2.45) is 5.84 Å². The van der Waals surface area contributed by atoms with E-state index in [1.165, 1.54) is 11.3 Å². The fourth-order valence-corrected chi connectivity index (χ4v) is 2.17. The van der Waals surface area contributed by atoms with Crippen molar-refractivity contribution in [2.45, 2.75) is 20.4 Å². The van der Waals surface area contributed by atoms with E-state index in [2.05, 4.69) is 20.6 Å². The van der Waals surface area contributed by atoms with E-state index in [4.69, 9.17) is 5.84 Å². The number of carbonyl (C=O) groups excluding carboxylic acids is 1. The van der Waals surface area contributed by atoms with Crippen LogP contribution in [0, 0.1) is 0 Å². The van der Waals surface area contributed by atoms with Crippen molar-refractivity contribution >= 4 is 22.4 Å². The van der Waals surface area contributed by atoms with Gasteiger partial charge in [0.1, 0.15) is 0 Å². The van der Waals surface area contributed by atoms with Crippen LogP contribution in [0.2, 0.25) is 0 Å². The number of nitrogens with two attached hydrogens (primary N) is 1. The topological polar surface area (TPSA) is 83.3 Å². The summed E-state index contributed by atoms with van der Waals surface area (Å²) < 4.78 is 0. The van der Waals surface area contributed by atoms with Crippen LogP contribution in [-0.4, -0.2) is 35.4 Å². The van der Waals surface area contributed by atoms with E-state index in [0.717, 1.165) is 11.4 Å². The van der Waals surface area contributed by atoms with Gasteiger partial charge in [-0.1, -0.05) is 18.3 Å². The summed E-state index contributed by atoms with van der Waals surface area (Å²) in [6.07, 6.45) is 1.78. The molecule has 4 N–H and O–H groups in total. The Bertz CT molecular complexity index is 354. The lowest BCUT2D eigenvalue weighted by atomic mass is 10.4. The minimum Gasteiger partial charge on any atom is -0.355 e. The average Bonchev–Trinajstić information content (AvgIpc) is 2.76. The number of thiazole rings is 1. The molecule has 0 atom stereocenters. The summed E-state index contributed by atoms with van der Waals surface area (Å²) in [6.45, 7) is 6.55. The Balaban J connectivity index is 2.48. The molecule has 0 aliphatic rings. The van der Waals surface area contributed by atoms with Gasteiger partial charge in [-0.3, -0.25) is 15.1 Å². The minimum absolute atomic E-state index is 0.0519. The highest BCUT2D eigenvalue weighted by Crippen LogP contribution is 2.18. The van der Waals surface area contributed by atoms with E-state index < -0.39 is 0 Å². The predicted molar refractivity (Wildman–Crippen MR) is 69.6 cm³/mol. The number of hydrazine groups is 1. The Hall–Kier alpha value is -1.18. The van der Waals surface area contributed by atoms with E-state index in [0.29, 0.717) is 24.8 Å². The number of hydrogen-bond acceptors (Lipinski definition) is 6. The molecule has 6 nitrogen and oxygen atoms in total. The highest BCUT2D eigenvalue weighted by Gasteiger charge is 2.10. The van der Waals surface area contributed by atoms with Crippen LogP contribution in [0.1, 0.15) is 18.7 Å². The summed E-state index contributed by atoms with van der Waals surface area (Å²) in [4.78, 5) is 18.7. The lowest BCUT2D eigenvalue weighted by Gasteiger charge is -2.18. The van der Waals surface area contributed by atoms with Crippen LogP contribution < -0.4 is 16.6 Å². The predicted octanol–water partition coefficient (Wildman–Crippen LogP) is 0.387. The van der Waals surface area contributed by atoms with Crippen molar-refractivity contribution in [3.63, 3.8) is 0 Å². The number of hydrogen-bond donors (Lipinski definition) is 3. The van der Waals surface area contributed by atoms with Crippen LogP contribution in [0.3, 0.4) is 0 Å². The zero-order chi connectivity index (χ0) is 12.7. The molecule has 0 spiro atoms. The number of amides is 1. The van der Waals surface area contributed by atoms with Gasteiger partial charge in [0.2, 0.25) is 5.91 Å². The van der Waals surface area contributed by atoms with Gasteiger partial charge in [0.25, 0.3) is 0 Å². The zero-order valence-corrected chi connectivity index (χ0v) is 11.0. The summed E-state index contributed by atoms with van der Waals surface area (Å²) in [6, 6.07) is 0. The molecular formula is C10H19N5OS. The highest BCUT2D eigenvalue weighted by atomic mass is 32.1. The fraction of sp³-hybridized carbons (Fsp3) is 0.600. The van der Waals surface area contributed by atoms with Gasteiger partial charge in [-0.05, 0) is 13.5 Å². The van der Waals surface area contributed by atoms with Gasteiger partial charge in [0, 0.05) is 24.2 Å². The summed E-state index contributed by atoms with van der Waals surface area (Å²) in [7, 11) is 0. The molecule has 7 heteroatoms. The minimum atomic E-state index is 0.0519. The molecule has 1 aromatic rings. The third kappa shape index (κ3) is 4.68. The average molecular weight is 257 g/mol. The SMILES string of the molecule is CCNC(=O)CN(CC)Cc1cnc(NN)s1. The van der Waals surface area contributed by atoms with Crippen molar-refractivity contribution in [2.75, 3.05) is 25.1 Å². The summed E-state index contributed by atoms with van der Waals surface area (Å²) in [5.74, 6) is 5.32. The number of rotatable bonds is 7. The normalized spacial score (nSPS) is 10.6. The van der Waals surface area contributed by atoms with Gasteiger partial charge < -0.3 is 5.32 Å². The van der Waals surface area contributed by atoms with Crippen molar-refractivity contribution in [3.8, 4) is 0 Å². The smallest absolute Gasteiger partial charge is 0.234 e. The molecule has 0 aliphatic heterocycles. The number of anilines is 1. The molecule has 0 radical (unpaired) electrons. The van der Waals surface area contributed by atoms with E-state index in [-0.39, 0.29) is 5.91 Å². The van der Waals surface area contributed by atoms with E-state index in [1.54, 1.807) is 6.20 Å². The molecule has 0 saturated heterocycles. The Kier molecular flexibility index (Phi) is 5.88. The van der Waals surface area contributed by atoms with E-state index >= 15 is 0 Å². The van der Waals surface area contributed by atoms with E-state index in [9.17, 15) is 4.79 Å². The molecule has 1 aromatic heterocycles. The van der Waals surface area contributed by atoms with Crippen LogP contribution in [0.25, 0.3) is 0 Å². The first-order chi connectivity index (χ1) is 8.19. The lowest BCUT2D eigenvalue weighted by molar-refractivity contribution is -0.122. The Morgan fingerprint density at radius 1 is 1.59 bits per heavy atom. The number of carbonyl (C=O) groups is 1. The van der Waals surface area contributed by atoms with Gasteiger partial charge in [-0.25, -0.2) is 10.8 Å². The molecule has 1 amide bonds. The van der Waals surface area contributed by atoms with Gasteiger partial charge >= 0.3 is 0 Å². The van der Waals surface area contributed by atoms with Crippen molar-refractivity contribution < 1.29 is 4.79 Å². The molecule has 0 aliphatic carbocycles. The maximum Gasteiger partial charge on any atom is 0.234 e. The van der Waals surface area contributed by atoms with Gasteiger partial charge in [0.15, 0.2) is 5.13 Å². The number of nitrogens with one attached hydrogen (secondary N) is 2. The quantitative estimate of drug-likeness (QED) is 0.486. The van der Waals surface area contributed by atoms with Crippen LogP contribution in [0.4, 0.5) is 5.13 Å². The molecule has 0 fully saturated rings. The molecule has 1 rings (SSSR count). The van der Waals surface area contributed by atoms with Gasteiger partial charge in [0.05, 0.1) is 6.54 Å². The number of nitrogen functional groups attached to an aromatic ring is 1. The Morgan fingerprint density at radius 3 is 2.88 bits per heavy atom. The monoisotopic (exact) mass is 257 g/mol. The largest absolute Gasteiger partial charge is 0.355 e. The van der Waals surface area contributed by atoms with Crippen LogP contribution >= 0.6 is 11.3 Å². The molecule has 0 aromatic carbocycles. The molecule has 0 unspecified atom stereocenters. The molecular weight excluding hydrogens is 238 g/mol. The fourth-order valence-electron chi connectivity index (χ4n) is 1.40. The highest BCUT2D eigenvalue weighted by molar-refractivity contribution is 7.15. The summed E-state index contributed by atoms with van der Waals surface area (Å²) in [5, 5.41) is 3.48.